The number of anilines is 1. The third-order valence-corrected chi connectivity index (χ3v) is 4.44. The number of rotatable bonds is 1. The minimum Gasteiger partial charge on any atom is -0.467 e. The Morgan fingerprint density at radius 3 is 2.80 bits per heavy atom. The van der Waals surface area contributed by atoms with Crippen molar-refractivity contribution in [2.75, 3.05) is 18.2 Å². The van der Waals surface area contributed by atoms with Gasteiger partial charge in [0.05, 0.1) is 18.4 Å². The van der Waals surface area contributed by atoms with Crippen LogP contribution in [0.15, 0.2) is 38.8 Å². The molecule has 0 amide bonds. The summed E-state index contributed by atoms with van der Waals surface area (Å²) in [5, 5.41) is 2.84. The molecule has 0 aromatic heterocycles. The lowest BCUT2D eigenvalue weighted by atomic mass is 9.98. The van der Waals surface area contributed by atoms with Crippen molar-refractivity contribution in [1.82, 2.24) is 0 Å². The molecule has 1 aliphatic heterocycles. The smallest absolute Gasteiger partial charge is 0.329 e. The van der Waals surface area contributed by atoms with E-state index in [-0.39, 0.29) is 5.69 Å². The summed E-state index contributed by atoms with van der Waals surface area (Å²) >= 11 is 1.46. The Hall–Kier alpha value is -2.08. The van der Waals surface area contributed by atoms with Gasteiger partial charge in [-0.05, 0) is 6.07 Å². The van der Waals surface area contributed by atoms with E-state index in [4.69, 9.17) is 4.74 Å². The molecule has 2 aromatic carbocycles. The van der Waals surface area contributed by atoms with Gasteiger partial charge in [0, 0.05) is 16.2 Å². The summed E-state index contributed by atoms with van der Waals surface area (Å²) < 4.78 is 4.71. The van der Waals surface area contributed by atoms with Gasteiger partial charge in [-0.15, -0.1) is 11.8 Å². The van der Waals surface area contributed by atoms with E-state index >= 15 is 0 Å². The van der Waals surface area contributed by atoms with Crippen LogP contribution in [0.4, 0.5) is 5.69 Å². The molecule has 0 bridgehead atoms. The zero-order valence-electron chi connectivity index (χ0n) is 10.6. The number of benzene rings is 1. The molecule has 5 nitrogen and oxygen atoms in total. The Morgan fingerprint density at radius 2 is 2.05 bits per heavy atom. The minimum atomic E-state index is -0.639. The fourth-order valence-corrected chi connectivity index (χ4v) is 3.31. The summed E-state index contributed by atoms with van der Waals surface area (Å²) in [6, 6.07) is 6.72. The topological polar surface area (TPSA) is 72.5 Å². The van der Waals surface area contributed by atoms with Gasteiger partial charge in [-0.3, -0.25) is 9.59 Å². The Bertz CT molecular complexity index is 761. The molecule has 0 saturated carbocycles. The van der Waals surface area contributed by atoms with E-state index in [9.17, 15) is 14.4 Å². The average Bonchev–Trinajstić information content (AvgIpc) is 2.47. The van der Waals surface area contributed by atoms with Gasteiger partial charge in [0.15, 0.2) is 0 Å². The second kappa shape index (κ2) is 4.79. The third-order valence-electron chi connectivity index (χ3n) is 3.28. The molecule has 3 rings (SSSR count). The number of methoxy groups -OCH3 is 1. The molecule has 1 atom stereocenters. The van der Waals surface area contributed by atoms with Crippen molar-refractivity contribution >= 4 is 23.4 Å². The molecule has 0 fully saturated rings. The van der Waals surface area contributed by atoms with Crippen LogP contribution in [-0.2, 0) is 9.53 Å². The van der Waals surface area contributed by atoms with Crippen molar-refractivity contribution in [3.05, 3.63) is 44.7 Å². The highest BCUT2D eigenvalue weighted by atomic mass is 32.2. The molecule has 0 unspecified atom stereocenters. The van der Waals surface area contributed by atoms with Crippen LogP contribution in [0.3, 0.4) is 0 Å². The van der Waals surface area contributed by atoms with Crippen LogP contribution in [0.2, 0.25) is 0 Å². The second-order valence-corrected chi connectivity index (χ2v) is 5.50. The highest BCUT2D eigenvalue weighted by molar-refractivity contribution is 7.99. The largest absolute Gasteiger partial charge is 0.467 e. The minimum absolute atomic E-state index is 0.221. The molecule has 20 heavy (non-hydrogen) atoms. The predicted molar refractivity (Wildman–Crippen MR) is 76.9 cm³/mol. The van der Waals surface area contributed by atoms with Gasteiger partial charge in [0.25, 0.3) is 0 Å². The average molecular weight is 289 g/mol. The maximum Gasteiger partial charge on any atom is 0.329 e. The number of carbonyl (C=O) groups is 1. The number of ether oxygens (including phenoxy) is 1. The van der Waals surface area contributed by atoms with E-state index in [1.807, 2.05) is 24.3 Å². The summed E-state index contributed by atoms with van der Waals surface area (Å²) in [5.74, 6) is -0.0158. The van der Waals surface area contributed by atoms with Gasteiger partial charge >= 0.3 is 5.97 Å². The van der Waals surface area contributed by atoms with Gasteiger partial charge < -0.3 is 10.1 Å². The Labute approximate surface area is 118 Å². The number of carbonyl (C=O) groups excluding carboxylic acids is 1. The van der Waals surface area contributed by atoms with Crippen LogP contribution in [0.5, 0.6) is 0 Å². The molecule has 102 valence electrons. The van der Waals surface area contributed by atoms with Crippen molar-refractivity contribution in [2.24, 2.45) is 0 Å². The van der Waals surface area contributed by atoms with Gasteiger partial charge in [0.2, 0.25) is 10.9 Å². The first-order valence-corrected chi connectivity index (χ1v) is 7.02. The van der Waals surface area contributed by atoms with Crippen molar-refractivity contribution < 1.29 is 9.53 Å². The van der Waals surface area contributed by atoms with Crippen LogP contribution in [-0.4, -0.2) is 24.9 Å². The number of esters is 1. The summed E-state index contributed by atoms with van der Waals surface area (Å²) in [7, 11) is 1.30. The van der Waals surface area contributed by atoms with Crippen molar-refractivity contribution in [3.8, 4) is 11.1 Å². The SMILES string of the molecule is COC(=O)[C@H]1CSc2ccccc2-c2c(c(=O)c2=O)N1. The molecular formula is C14H11NO4S. The highest BCUT2D eigenvalue weighted by Gasteiger charge is 2.31. The molecule has 0 spiro atoms. The van der Waals surface area contributed by atoms with E-state index < -0.39 is 22.9 Å². The summed E-state index contributed by atoms with van der Waals surface area (Å²) in [6.45, 7) is 0. The standard InChI is InChI=1S/C14H11NO4S/c1-19-14(18)8-6-20-9-5-3-2-4-7(9)10-11(15-8)13(17)12(10)16/h2-5,8,15H,6H2,1H3/t8-/m1/s1. The number of hydrogen-bond donors (Lipinski definition) is 1. The van der Waals surface area contributed by atoms with Crippen LogP contribution in [0.1, 0.15) is 0 Å². The van der Waals surface area contributed by atoms with Gasteiger partial charge in [-0.2, -0.15) is 0 Å². The number of nitrogens with one attached hydrogen (secondary N) is 1. The molecular weight excluding hydrogens is 278 g/mol. The lowest BCUT2D eigenvalue weighted by Gasteiger charge is -2.24. The molecule has 1 N–H and O–H groups in total. The lowest BCUT2D eigenvalue weighted by molar-refractivity contribution is -0.140. The van der Waals surface area contributed by atoms with E-state index in [2.05, 4.69) is 5.32 Å². The lowest BCUT2D eigenvalue weighted by Crippen LogP contribution is -2.43. The summed E-state index contributed by atoms with van der Waals surface area (Å²) in [4.78, 5) is 36.1. The van der Waals surface area contributed by atoms with Crippen molar-refractivity contribution in [3.63, 3.8) is 0 Å². The maximum absolute atomic E-state index is 11.8. The monoisotopic (exact) mass is 289 g/mol. The molecule has 1 heterocycles. The number of hydrogen-bond acceptors (Lipinski definition) is 6. The van der Waals surface area contributed by atoms with E-state index in [0.717, 1.165) is 10.5 Å². The zero-order valence-corrected chi connectivity index (χ0v) is 11.5. The molecule has 0 aliphatic carbocycles. The number of thioether (sulfide) groups is 1. The molecule has 2 aromatic rings. The third kappa shape index (κ3) is 1.84. The molecule has 0 radical (unpaired) electrons. The van der Waals surface area contributed by atoms with Gasteiger partial charge in [0.1, 0.15) is 6.04 Å². The Balaban J connectivity index is 2.13. The molecule has 6 heteroatoms. The summed E-state index contributed by atoms with van der Waals surface area (Å²) in [5.41, 5.74) is 0.249. The Kier molecular flexibility index (Phi) is 3.10. The van der Waals surface area contributed by atoms with Crippen molar-refractivity contribution in [2.45, 2.75) is 10.9 Å². The fourth-order valence-electron chi connectivity index (χ4n) is 2.24. The molecule has 0 saturated heterocycles. The zero-order chi connectivity index (χ0) is 14.3. The first-order valence-electron chi connectivity index (χ1n) is 6.03. The van der Waals surface area contributed by atoms with Crippen LogP contribution >= 0.6 is 11.8 Å². The first-order chi connectivity index (χ1) is 9.63. The van der Waals surface area contributed by atoms with E-state index in [1.165, 1.54) is 18.9 Å². The highest BCUT2D eigenvalue weighted by Crippen LogP contribution is 2.36. The second-order valence-electron chi connectivity index (χ2n) is 4.44. The normalized spacial score (nSPS) is 17.4. The fraction of sp³-hybridized carbons (Fsp3) is 0.214. The van der Waals surface area contributed by atoms with Crippen molar-refractivity contribution in [1.29, 1.82) is 0 Å². The number of fused-ring (bicyclic) bond motifs is 3. The summed E-state index contributed by atoms with van der Waals surface area (Å²) in [6.07, 6.45) is 0. The van der Waals surface area contributed by atoms with Crippen LogP contribution in [0, 0.1) is 0 Å². The van der Waals surface area contributed by atoms with E-state index in [0.29, 0.717) is 11.3 Å². The van der Waals surface area contributed by atoms with Gasteiger partial charge in [-0.1, -0.05) is 18.2 Å². The van der Waals surface area contributed by atoms with E-state index in [1.54, 1.807) is 0 Å². The molecule has 1 aliphatic rings. The predicted octanol–water partition coefficient (Wildman–Crippen LogP) is 1.01. The first kappa shape index (κ1) is 12.9. The van der Waals surface area contributed by atoms with Crippen LogP contribution < -0.4 is 16.2 Å². The van der Waals surface area contributed by atoms with Gasteiger partial charge in [-0.25, -0.2) is 4.79 Å². The quantitative estimate of drug-likeness (QED) is 0.624. The van der Waals surface area contributed by atoms with Crippen LogP contribution in [0.25, 0.3) is 11.1 Å². The maximum atomic E-state index is 11.8. The Morgan fingerprint density at radius 1 is 1.30 bits per heavy atom.